The number of nitrogens with zero attached hydrogens (tertiary/aromatic N) is 2. The third kappa shape index (κ3) is 6.09. The molecule has 2 aromatic carbocycles. The normalized spacial score (nSPS) is 19.4. The van der Waals surface area contributed by atoms with E-state index in [4.69, 9.17) is 13.9 Å². The van der Waals surface area contributed by atoms with Crippen molar-refractivity contribution in [2.24, 2.45) is 0 Å². The van der Waals surface area contributed by atoms with Crippen LogP contribution in [0.4, 0.5) is 0 Å². The number of carbonyl (C=O) groups excluding carboxylic acids is 2. The molecule has 1 saturated heterocycles. The van der Waals surface area contributed by atoms with Crippen molar-refractivity contribution in [1.82, 2.24) is 9.13 Å². The second kappa shape index (κ2) is 11.5. The molecule has 9 nitrogen and oxygen atoms in total. The summed E-state index contributed by atoms with van der Waals surface area (Å²) >= 11 is 0. The molecule has 0 radical (unpaired) electrons. The van der Waals surface area contributed by atoms with Gasteiger partial charge in [-0.2, -0.15) is 4.57 Å². The fourth-order valence-corrected chi connectivity index (χ4v) is 5.67. The van der Waals surface area contributed by atoms with Crippen LogP contribution in [0.5, 0.6) is 0 Å². The summed E-state index contributed by atoms with van der Waals surface area (Å²) in [4.78, 5) is 52.3. The van der Waals surface area contributed by atoms with Crippen LogP contribution in [0, 0.1) is 6.92 Å². The Balaban J connectivity index is 1.66. The molecular weight excluding hydrogens is 528 g/mol. The van der Waals surface area contributed by atoms with E-state index in [1.165, 1.54) is 10.8 Å². The maximum atomic E-state index is 13.6. The smallest absolute Gasteiger partial charge is 0.340 e. The van der Waals surface area contributed by atoms with Crippen molar-refractivity contribution in [3.63, 3.8) is 0 Å². The van der Waals surface area contributed by atoms with E-state index in [1.54, 1.807) is 61.5 Å². The van der Waals surface area contributed by atoms with Gasteiger partial charge in [0.15, 0.2) is 8.32 Å². The lowest BCUT2D eigenvalue weighted by molar-refractivity contribution is -0.0516. The maximum Gasteiger partial charge on any atom is 0.340 e. The molecule has 3 aromatic rings. The summed E-state index contributed by atoms with van der Waals surface area (Å²) in [6.07, 6.45) is -0.295. The standard InChI is InChI=1S/C30H36N2O7Si/c1-20-18-31(29(36)32(26(20)33)27(34)21-13-9-7-10-14-21)25-17-23(39-40(5,6)30(2,3)4)24(38-25)19-37-28(35)22-15-11-8-12-16-22/h7-16,18,23-25H,17,19H2,1-6H3/t23-,24+,25+/m0/s1. The Morgan fingerprint density at radius 3 is 2.12 bits per heavy atom. The van der Waals surface area contributed by atoms with Crippen LogP contribution in [0.2, 0.25) is 18.1 Å². The first kappa shape index (κ1) is 29.4. The monoisotopic (exact) mass is 564 g/mol. The summed E-state index contributed by atoms with van der Waals surface area (Å²) < 4.78 is 20.5. The highest BCUT2D eigenvalue weighted by Gasteiger charge is 2.46. The van der Waals surface area contributed by atoms with Crippen LogP contribution in [-0.2, 0) is 13.9 Å². The molecular formula is C30H36N2O7Si. The van der Waals surface area contributed by atoms with E-state index >= 15 is 0 Å². The van der Waals surface area contributed by atoms with Gasteiger partial charge in [0.2, 0.25) is 0 Å². The second-order valence-corrected chi connectivity index (χ2v) is 16.3. The quantitative estimate of drug-likeness (QED) is 0.306. The van der Waals surface area contributed by atoms with Crippen LogP contribution in [0.3, 0.4) is 0 Å². The molecule has 1 aromatic heterocycles. The van der Waals surface area contributed by atoms with Gasteiger partial charge in [0.25, 0.3) is 11.5 Å². The number of aromatic nitrogens is 2. The predicted octanol–water partition coefficient (Wildman–Crippen LogP) is 4.54. The molecule has 0 spiro atoms. The zero-order valence-electron chi connectivity index (χ0n) is 23.7. The van der Waals surface area contributed by atoms with Gasteiger partial charge in [0, 0.05) is 23.7 Å². The second-order valence-electron chi connectivity index (χ2n) is 11.6. The maximum absolute atomic E-state index is 13.6. The van der Waals surface area contributed by atoms with Crippen molar-refractivity contribution in [3.8, 4) is 0 Å². The molecule has 0 amide bonds. The van der Waals surface area contributed by atoms with Crippen LogP contribution in [0.1, 0.15) is 59.7 Å². The molecule has 10 heteroatoms. The Labute approximate surface area is 234 Å². The Kier molecular flexibility index (Phi) is 8.43. The Morgan fingerprint density at radius 1 is 0.975 bits per heavy atom. The fourth-order valence-electron chi connectivity index (χ4n) is 4.31. The summed E-state index contributed by atoms with van der Waals surface area (Å²) in [7, 11) is -2.29. The average molecular weight is 565 g/mol. The van der Waals surface area contributed by atoms with Crippen molar-refractivity contribution in [3.05, 3.63) is 104 Å². The topological polar surface area (TPSA) is 106 Å². The average Bonchev–Trinajstić information content (AvgIpc) is 3.31. The lowest BCUT2D eigenvalue weighted by atomic mass is 10.2. The molecule has 3 atom stereocenters. The molecule has 0 N–H and O–H groups in total. The van der Waals surface area contributed by atoms with Gasteiger partial charge in [0.05, 0.1) is 11.7 Å². The summed E-state index contributed by atoms with van der Waals surface area (Å²) in [5.41, 5.74) is -0.639. The molecule has 40 heavy (non-hydrogen) atoms. The number of hydrogen-bond donors (Lipinski definition) is 0. The molecule has 0 bridgehead atoms. The molecule has 1 aliphatic heterocycles. The number of hydrogen-bond acceptors (Lipinski definition) is 7. The number of aryl methyl sites for hydroxylation is 1. The highest BCUT2D eigenvalue weighted by atomic mass is 28.4. The van der Waals surface area contributed by atoms with Gasteiger partial charge < -0.3 is 13.9 Å². The molecule has 0 aliphatic carbocycles. The molecule has 0 unspecified atom stereocenters. The predicted molar refractivity (Wildman–Crippen MR) is 153 cm³/mol. The Hall–Kier alpha value is -3.60. The minimum Gasteiger partial charge on any atom is -0.459 e. The number of benzene rings is 2. The van der Waals surface area contributed by atoms with Crippen LogP contribution < -0.4 is 11.2 Å². The van der Waals surface area contributed by atoms with Gasteiger partial charge in [-0.3, -0.25) is 14.2 Å². The zero-order chi connectivity index (χ0) is 29.2. The van der Waals surface area contributed by atoms with Crippen LogP contribution in [-0.4, -0.2) is 48.1 Å². The number of rotatable bonds is 7. The SMILES string of the molecule is Cc1cn([C@H]2C[C@H](O[Si](C)(C)C(C)(C)C)[C@@H](COC(=O)c3ccccc3)O2)c(=O)n(C(=O)c2ccccc2)c1=O. The first-order valence-corrected chi connectivity index (χ1v) is 16.2. The highest BCUT2D eigenvalue weighted by molar-refractivity contribution is 6.74. The summed E-state index contributed by atoms with van der Waals surface area (Å²) in [6, 6.07) is 16.8. The molecule has 2 heterocycles. The molecule has 4 rings (SSSR count). The molecule has 0 saturated carbocycles. The number of carbonyl (C=O) groups is 2. The lowest BCUT2D eigenvalue weighted by Crippen LogP contribution is -2.46. The number of esters is 1. The minimum atomic E-state index is -2.29. The van der Waals surface area contributed by atoms with E-state index in [0.717, 1.165) is 0 Å². The summed E-state index contributed by atoms with van der Waals surface area (Å²) in [6.45, 7) is 12.1. The van der Waals surface area contributed by atoms with Crippen LogP contribution in [0.25, 0.3) is 0 Å². The van der Waals surface area contributed by atoms with Gasteiger partial charge >= 0.3 is 11.7 Å². The number of ether oxygens (including phenoxy) is 2. The van der Waals surface area contributed by atoms with Crippen molar-refractivity contribution in [1.29, 1.82) is 0 Å². The van der Waals surface area contributed by atoms with E-state index < -0.39 is 49.9 Å². The highest BCUT2D eigenvalue weighted by Crippen LogP contribution is 2.41. The van der Waals surface area contributed by atoms with Crippen molar-refractivity contribution in [2.75, 3.05) is 6.61 Å². The fraction of sp³-hybridized carbons (Fsp3) is 0.400. The minimum absolute atomic E-state index is 0.0835. The van der Waals surface area contributed by atoms with Crippen molar-refractivity contribution in [2.45, 2.75) is 70.7 Å². The summed E-state index contributed by atoms with van der Waals surface area (Å²) in [5.74, 6) is -1.21. The zero-order valence-corrected chi connectivity index (χ0v) is 24.7. The van der Waals surface area contributed by atoms with E-state index in [2.05, 4.69) is 33.9 Å². The Morgan fingerprint density at radius 2 is 1.55 bits per heavy atom. The van der Waals surface area contributed by atoms with E-state index in [9.17, 15) is 19.2 Å². The lowest BCUT2D eigenvalue weighted by Gasteiger charge is -2.39. The van der Waals surface area contributed by atoms with Gasteiger partial charge in [-0.15, -0.1) is 0 Å². The first-order chi connectivity index (χ1) is 18.8. The van der Waals surface area contributed by atoms with Crippen molar-refractivity contribution >= 4 is 20.2 Å². The van der Waals surface area contributed by atoms with E-state index in [1.807, 2.05) is 6.07 Å². The van der Waals surface area contributed by atoms with Crippen LogP contribution in [0.15, 0.2) is 76.4 Å². The van der Waals surface area contributed by atoms with Crippen LogP contribution >= 0.6 is 0 Å². The third-order valence-electron chi connectivity index (χ3n) is 7.64. The van der Waals surface area contributed by atoms with Crippen molar-refractivity contribution < 1.29 is 23.5 Å². The largest absolute Gasteiger partial charge is 0.459 e. The van der Waals surface area contributed by atoms with Gasteiger partial charge in [-0.25, -0.2) is 9.59 Å². The van der Waals surface area contributed by atoms with Gasteiger partial charge in [-0.1, -0.05) is 57.2 Å². The first-order valence-electron chi connectivity index (χ1n) is 13.3. The molecule has 1 fully saturated rings. The third-order valence-corrected chi connectivity index (χ3v) is 12.1. The molecule has 1 aliphatic rings. The Bertz CT molecular complexity index is 1490. The van der Waals surface area contributed by atoms with E-state index in [-0.39, 0.29) is 29.2 Å². The van der Waals surface area contributed by atoms with Gasteiger partial charge in [-0.05, 0) is 49.3 Å². The van der Waals surface area contributed by atoms with Gasteiger partial charge in [0.1, 0.15) is 18.9 Å². The molecule has 212 valence electrons. The van der Waals surface area contributed by atoms with E-state index in [0.29, 0.717) is 10.1 Å². The summed E-state index contributed by atoms with van der Waals surface area (Å²) in [5, 5.41) is -0.0981.